The van der Waals surface area contributed by atoms with Gasteiger partial charge in [0.2, 0.25) is 0 Å². The molecule has 0 spiro atoms. The van der Waals surface area contributed by atoms with E-state index >= 15 is 0 Å². The van der Waals surface area contributed by atoms with Crippen LogP contribution in [0.15, 0.2) is 96.7 Å². The van der Waals surface area contributed by atoms with E-state index in [4.69, 9.17) is 5.73 Å². The van der Waals surface area contributed by atoms with Gasteiger partial charge in [0.15, 0.2) is 0 Å². The monoisotopic (exact) mass is 454 g/mol. The van der Waals surface area contributed by atoms with Crippen molar-refractivity contribution < 1.29 is 8.42 Å². The fraction of sp³-hybridized carbons (Fsp3) is 0. The second-order valence-corrected chi connectivity index (χ2v) is 8.93. The lowest BCUT2D eigenvalue weighted by Gasteiger charge is -2.12. The van der Waals surface area contributed by atoms with Crippen LogP contribution in [0.1, 0.15) is 0 Å². The van der Waals surface area contributed by atoms with Crippen LogP contribution >= 0.6 is 0 Å². The van der Waals surface area contributed by atoms with Gasteiger partial charge in [0.05, 0.1) is 11.2 Å². The Morgan fingerprint density at radius 2 is 1.45 bits per heavy atom. The van der Waals surface area contributed by atoms with Crippen molar-refractivity contribution in [1.82, 2.24) is 19.9 Å². The summed E-state index contributed by atoms with van der Waals surface area (Å²) in [5.41, 5.74) is 10.6. The first-order valence-corrected chi connectivity index (χ1v) is 11.5. The zero-order valence-electron chi connectivity index (χ0n) is 17.3. The molecule has 0 saturated heterocycles. The van der Waals surface area contributed by atoms with E-state index in [1.165, 1.54) is 18.5 Å². The van der Waals surface area contributed by atoms with Crippen LogP contribution < -0.4 is 10.5 Å². The molecule has 0 radical (unpaired) electrons. The second-order valence-electron chi connectivity index (χ2n) is 7.28. The molecule has 33 heavy (non-hydrogen) atoms. The third-order valence-electron chi connectivity index (χ3n) is 5.17. The van der Waals surface area contributed by atoms with Crippen molar-refractivity contribution in [1.29, 1.82) is 0 Å². The van der Waals surface area contributed by atoms with Crippen LogP contribution in [0.25, 0.3) is 33.2 Å². The highest BCUT2D eigenvalue weighted by atomic mass is 32.2. The number of nitrogens with one attached hydrogen (secondary N) is 1. The summed E-state index contributed by atoms with van der Waals surface area (Å²) in [6, 6.07) is 16.2. The van der Waals surface area contributed by atoms with Crippen LogP contribution in [0.2, 0.25) is 0 Å². The van der Waals surface area contributed by atoms with Crippen LogP contribution in [0.4, 0.5) is 11.5 Å². The Hall–Kier alpha value is -4.37. The van der Waals surface area contributed by atoms with Gasteiger partial charge in [-0.3, -0.25) is 19.7 Å². The lowest BCUT2D eigenvalue weighted by atomic mass is 9.98. The van der Waals surface area contributed by atoms with Crippen molar-refractivity contribution in [2.75, 3.05) is 10.5 Å². The van der Waals surface area contributed by atoms with E-state index in [0.29, 0.717) is 11.3 Å². The van der Waals surface area contributed by atoms with E-state index < -0.39 is 10.0 Å². The zero-order chi connectivity index (χ0) is 22.8. The number of anilines is 2. The minimum atomic E-state index is -3.95. The van der Waals surface area contributed by atoms with E-state index in [-0.39, 0.29) is 10.7 Å². The van der Waals surface area contributed by atoms with Gasteiger partial charge < -0.3 is 5.73 Å². The summed E-state index contributed by atoms with van der Waals surface area (Å²) < 4.78 is 28.5. The summed E-state index contributed by atoms with van der Waals surface area (Å²) in [6.07, 6.45) is 9.80. The molecule has 8 nitrogen and oxygen atoms in total. The Labute approximate surface area is 190 Å². The first-order valence-electron chi connectivity index (χ1n) is 9.99. The summed E-state index contributed by atoms with van der Waals surface area (Å²) in [7, 11) is -3.95. The second kappa shape index (κ2) is 8.29. The number of sulfonamides is 1. The Morgan fingerprint density at radius 3 is 2.21 bits per heavy atom. The molecule has 4 aromatic heterocycles. The predicted octanol–water partition coefficient (Wildman–Crippen LogP) is 4.14. The Balaban J connectivity index is 1.60. The van der Waals surface area contributed by atoms with Crippen LogP contribution in [-0.4, -0.2) is 28.4 Å². The summed E-state index contributed by atoms with van der Waals surface area (Å²) in [4.78, 5) is 16.5. The normalized spacial score (nSPS) is 11.4. The zero-order valence-corrected chi connectivity index (χ0v) is 18.1. The third-order valence-corrected chi connectivity index (χ3v) is 6.58. The average molecular weight is 455 g/mol. The maximum absolute atomic E-state index is 13.0. The molecule has 0 bridgehead atoms. The number of hydrogen-bond acceptors (Lipinski definition) is 7. The molecule has 0 unspecified atom stereocenters. The first-order chi connectivity index (χ1) is 16.0. The fourth-order valence-corrected chi connectivity index (χ4v) is 4.73. The standard InChI is InChI=1S/C24H18N6O2S/c25-24-23(33(31,32)30-19-5-10-27-11-6-19)14-18(15-29-24)17-1-2-22-21(13-17)20(7-12-28-22)16-3-8-26-9-4-16/h1-15H,(H2,25,29)(H,27,30). The van der Waals surface area contributed by atoms with E-state index in [0.717, 1.165) is 27.6 Å². The Bertz CT molecular complexity index is 1560. The average Bonchev–Trinajstić information content (AvgIpc) is 2.84. The maximum atomic E-state index is 13.0. The van der Waals surface area contributed by atoms with Crippen LogP contribution in [0.5, 0.6) is 0 Å². The van der Waals surface area contributed by atoms with E-state index in [9.17, 15) is 8.42 Å². The minimum Gasteiger partial charge on any atom is -0.383 e. The van der Waals surface area contributed by atoms with Crippen molar-refractivity contribution >= 4 is 32.4 Å². The topological polar surface area (TPSA) is 124 Å². The van der Waals surface area contributed by atoms with Gasteiger partial charge in [-0.25, -0.2) is 13.4 Å². The van der Waals surface area contributed by atoms with E-state index in [1.54, 1.807) is 36.9 Å². The van der Waals surface area contributed by atoms with Gasteiger partial charge in [-0.15, -0.1) is 0 Å². The summed E-state index contributed by atoms with van der Waals surface area (Å²) in [5, 5.41) is 0.928. The molecular weight excluding hydrogens is 436 g/mol. The molecular formula is C24H18N6O2S. The third kappa shape index (κ3) is 4.09. The minimum absolute atomic E-state index is 0.0831. The molecule has 0 fully saturated rings. The van der Waals surface area contributed by atoms with Gasteiger partial charge in [0, 0.05) is 48.1 Å². The molecule has 3 N–H and O–H groups in total. The van der Waals surface area contributed by atoms with Gasteiger partial charge >= 0.3 is 0 Å². The van der Waals surface area contributed by atoms with Crippen molar-refractivity contribution in [3.8, 4) is 22.3 Å². The number of nitrogens with zero attached hydrogens (tertiary/aromatic N) is 4. The SMILES string of the molecule is Nc1ncc(-c2ccc3nccc(-c4ccncc4)c3c2)cc1S(=O)(=O)Nc1ccncc1. The Morgan fingerprint density at radius 1 is 0.727 bits per heavy atom. The maximum Gasteiger partial charge on any atom is 0.265 e. The number of benzene rings is 1. The van der Waals surface area contributed by atoms with Crippen molar-refractivity contribution in [3.05, 3.63) is 91.8 Å². The number of aromatic nitrogens is 4. The van der Waals surface area contributed by atoms with Crippen LogP contribution in [0, 0.1) is 0 Å². The fourth-order valence-electron chi connectivity index (χ4n) is 3.57. The van der Waals surface area contributed by atoms with Gasteiger partial charge in [0.1, 0.15) is 10.7 Å². The lowest BCUT2D eigenvalue weighted by Crippen LogP contribution is -2.15. The van der Waals surface area contributed by atoms with Gasteiger partial charge in [0.25, 0.3) is 10.0 Å². The molecule has 5 rings (SSSR count). The number of fused-ring (bicyclic) bond motifs is 1. The number of nitrogen functional groups attached to an aromatic ring is 1. The summed E-state index contributed by atoms with van der Waals surface area (Å²) >= 11 is 0. The quantitative estimate of drug-likeness (QED) is 0.409. The molecule has 5 aromatic rings. The number of nitrogens with two attached hydrogens (primary N) is 1. The molecule has 162 valence electrons. The molecule has 9 heteroatoms. The highest BCUT2D eigenvalue weighted by Gasteiger charge is 2.20. The molecule has 0 aliphatic rings. The summed E-state index contributed by atoms with van der Waals surface area (Å²) in [5.74, 6) is -0.0831. The molecule has 4 heterocycles. The van der Waals surface area contributed by atoms with Crippen molar-refractivity contribution in [2.45, 2.75) is 4.90 Å². The van der Waals surface area contributed by atoms with Gasteiger partial charge in [-0.1, -0.05) is 6.07 Å². The van der Waals surface area contributed by atoms with E-state index in [1.807, 2.05) is 36.4 Å². The molecule has 0 aliphatic heterocycles. The van der Waals surface area contributed by atoms with Crippen LogP contribution in [0.3, 0.4) is 0 Å². The molecule has 0 amide bonds. The number of rotatable bonds is 5. The summed E-state index contributed by atoms with van der Waals surface area (Å²) in [6.45, 7) is 0. The molecule has 0 atom stereocenters. The lowest BCUT2D eigenvalue weighted by molar-refractivity contribution is 0.601. The smallest absolute Gasteiger partial charge is 0.265 e. The predicted molar refractivity (Wildman–Crippen MR) is 128 cm³/mol. The molecule has 0 saturated carbocycles. The van der Waals surface area contributed by atoms with E-state index in [2.05, 4.69) is 24.7 Å². The van der Waals surface area contributed by atoms with Crippen LogP contribution in [-0.2, 0) is 10.0 Å². The van der Waals surface area contributed by atoms with Gasteiger partial charge in [-0.2, -0.15) is 0 Å². The number of pyridine rings is 4. The Kier molecular flexibility index (Phi) is 5.15. The first kappa shape index (κ1) is 20.5. The number of hydrogen-bond donors (Lipinski definition) is 2. The highest BCUT2D eigenvalue weighted by Crippen LogP contribution is 2.32. The molecule has 0 aliphatic carbocycles. The van der Waals surface area contributed by atoms with Crippen molar-refractivity contribution in [2.24, 2.45) is 0 Å². The van der Waals surface area contributed by atoms with Gasteiger partial charge in [-0.05, 0) is 65.2 Å². The highest BCUT2D eigenvalue weighted by molar-refractivity contribution is 7.92. The molecule has 1 aromatic carbocycles. The van der Waals surface area contributed by atoms with Crippen molar-refractivity contribution in [3.63, 3.8) is 0 Å². The largest absolute Gasteiger partial charge is 0.383 e.